The molecule has 0 radical (unpaired) electrons. The number of carbonyl (C=O) groups excluding carboxylic acids is 1. The van der Waals surface area contributed by atoms with Crippen LogP contribution in [0.4, 0.5) is 5.82 Å². The van der Waals surface area contributed by atoms with E-state index in [1.54, 1.807) is 11.8 Å². The number of fused-ring (bicyclic) bond motifs is 2. The molecule has 8 nitrogen and oxygen atoms in total. The maximum absolute atomic E-state index is 13.1. The van der Waals surface area contributed by atoms with Crippen molar-refractivity contribution in [2.75, 3.05) is 12.4 Å². The first-order valence-corrected chi connectivity index (χ1v) is 12.3. The Hall–Kier alpha value is -3.59. The van der Waals surface area contributed by atoms with E-state index in [4.69, 9.17) is 9.47 Å². The number of hydrogen-bond acceptors (Lipinski definition) is 6. The number of ether oxygens (including phenoxy) is 2. The molecule has 3 heterocycles. The van der Waals surface area contributed by atoms with Gasteiger partial charge in [-0.15, -0.1) is 0 Å². The highest BCUT2D eigenvalue weighted by Crippen LogP contribution is 2.40. The van der Waals surface area contributed by atoms with Crippen molar-refractivity contribution >= 4 is 33.3 Å². The molecule has 0 saturated heterocycles. The maximum atomic E-state index is 13.1. The lowest BCUT2D eigenvalue weighted by Crippen LogP contribution is -2.27. The Bertz CT molecular complexity index is 1410. The Labute approximate surface area is 199 Å². The highest BCUT2D eigenvalue weighted by Gasteiger charge is 2.34. The Kier molecular flexibility index (Phi) is 5.13. The Morgan fingerprint density at radius 2 is 1.91 bits per heavy atom. The summed E-state index contributed by atoms with van der Waals surface area (Å²) in [4.78, 5) is 30.5. The van der Waals surface area contributed by atoms with Crippen molar-refractivity contribution < 1.29 is 14.3 Å². The van der Waals surface area contributed by atoms with Gasteiger partial charge in [0.1, 0.15) is 5.82 Å². The predicted molar refractivity (Wildman–Crippen MR) is 131 cm³/mol. The maximum Gasteiger partial charge on any atom is 0.270 e. The Morgan fingerprint density at radius 1 is 1.09 bits per heavy atom. The number of aromatic nitrogens is 3. The van der Waals surface area contributed by atoms with Gasteiger partial charge in [0, 0.05) is 12.3 Å². The average Bonchev–Trinajstić information content (AvgIpc) is 3.58. The van der Waals surface area contributed by atoms with E-state index in [2.05, 4.69) is 15.4 Å². The smallest absolute Gasteiger partial charge is 0.270 e. The highest BCUT2D eigenvalue weighted by atomic mass is 32.1. The van der Waals surface area contributed by atoms with E-state index in [9.17, 15) is 9.59 Å². The lowest BCUT2D eigenvalue weighted by molar-refractivity contribution is -0.116. The number of carbonyl (C=O) groups is 1. The van der Waals surface area contributed by atoms with Gasteiger partial charge in [-0.2, -0.15) is 0 Å². The molecule has 2 aliphatic rings. The fourth-order valence-electron chi connectivity index (χ4n) is 4.93. The number of benzene rings is 2. The first-order valence-electron chi connectivity index (χ1n) is 11.5. The van der Waals surface area contributed by atoms with Crippen molar-refractivity contribution in [3.05, 3.63) is 63.9 Å². The zero-order valence-corrected chi connectivity index (χ0v) is 19.5. The molecule has 174 valence electrons. The molecule has 1 fully saturated rings. The van der Waals surface area contributed by atoms with Crippen LogP contribution in [-0.2, 0) is 4.79 Å². The Balaban J connectivity index is 1.40. The summed E-state index contributed by atoms with van der Waals surface area (Å²) in [6.07, 6.45) is 4.83. The van der Waals surface area contributed by atoms with Gasteiger partial charge < -0.3 is 14.8 Å². The number of amides is 1. The molecule has 1 amide bonds. The van der Waals surface area contributed by atoms with Crippen LogP contribution in [-0.4, -0.2) is 33.9 Å². The van der Waals surface area contributed by atoms with Crippen LogP contribution in [0.5, 0.6) is 11.5 Å². The molecule has 2 aromatic carbocycles. The van der Waals surface area contributed by atoms with Gasteiger partial charge in [0.05, 0.1) is 29.0 Å². The van der Waals surface area contributed by atoms with Gasteiger partial charge >= 0.3 is 0 Å². The summed E-state index contributed by atoms with van der Waals surface area (Å²) in [6, 6.07) is 13.5. The molecule has 0 spiro atoms. The first kappa shape index (κ1) is 21.0. The van der Waals surface area contributed by atoms with Crippen LogP contribution in [0.15, 0.2) is 47.3 Å². The van der Waals surface area contributed by atoms with Crippen LogP contribution in [0, 0.1) is 0 Å². The quantitative estimate of drug-likeness (QED) is 0.439. The van der Waals surface area contributed by atoms with Crippen molar-refractivity contribution in [2.24, 2.45) is 0 Å². The number of H-pyrrole nitrogens is 1. The van der Waals surface area contributed by atoms with Gasteiger partial charge in [0.2, 0.25) is 11.0 Å². The summed E-state index contributed by atoms with van der Waals surface area (Å²) in [5.74, 6) is 1.18. The second-order valence-corrected chi connectivity index (χ2v) is 9.75. The molecular weight excluding hydrogens is 452 g/mol. The van der Waals surface area contributed by atoms with Crippen LogP contribution in [0.1, 0.15) is 49.1 Å². The SMILES string of the molecule is COc1cc(C2CC(=O)Nc3c2c(=O)[nH]n3-c2nc3ccccc3s2)ccc1OC1CCCC1. The van der Waals surface area contributed by atoms with E-state index in [0.29, 0.717) is 28.0 Å². The fourth-order valence-corrected chi connectivity index (χ4v) is 5.86. The molecule has 1 unspecified atom stereocenters. The minimum Gasteiger partial charge on any atom is -0.493 e. The molecule has 1 saturated carbocycles. The standard InChI is InChI=1S/C25H24N4O4S/c1-32-19-12-14(10-11-18(19)33-15-6-2-3-7-15)16-13-21(30)27-23-22(16)24(31)28-29(23)25-26-17-8-4-5-9-20(17)34-25/h4-5,8-12,15-16H,2-3,6-7,13H2,1H3,(H,27,30)(H,28,31). The lowest BCUT2D eigenvalue weighted by atomic mass is 9.87. The molecule has 2 N–H and O–H groups in total. The third kappa shape index (κ3) is 3.56. The van der Waals surface area contributed by atoms with Gasteiger partial charge in [-0.25, -0.2) is 9.67 Å². The zero-order chi connectivity index (χ0) is 23.2. The van der Waals surface area contributed by atoms with Crippen LogP contribution in [0.25, 0.3) is 15.3 Å². The van der Waals surface area contributed by atoms with E-state index in [1.165, 1.54) is 24.2 Å². The summed E-state index contributed by atoms with van der Waals surface area (Å²) in [7, 11) is 1.61. The van der Waals surface area contributed by atoms with E-state index in [0.717, 1.165) is 28.6 Å². The van der Waals surface area contributed by atoms with Crippen molar-refractivity contribution in [1.29, 1.82) is 0 Å². The summed E-state index contributed by atoms with van der Waals surface area (Å²) in [5.41, 5.74) is 1.95. The molecular formula is C25H24N4O4S. The second kappa shape index (κ2) is 8.32. The third-order valence-electron chi connectivity index (χ3n) is 6.59. The molecule has 0 bridgehead atoms. The second-order valence-electron chi connectivity index (χ2n) is 8.74. The van der Waals surface area contributed by atoms with Gasteiger partial charge in [-0.3, -0.25) is 14.7 Å². The predicted octanol–water partition coefficient (Wildman–Crippen LogP) is 4.58. The lowest BCUT2D eigenvalue weighted by Gasteiger charge is -2.24. The molecule has 2 aromatic heterocycles. The Morgan fingerprint density at radius 3 is 2.71 bits per heavy atom. The third-order valence-corrected chi connectivity index (χ3v) is 7.61. The largest absolute Gasteiger partial charge is 0.493 e. The summed E-state index contributed by atoms with van der Waals surface area (Å²) >= 11 is 1.45. The number of nitrogens with zero attached hydrogens (tertiary/aromatic N) is 2. The first-order chi connectivity index (χ1) is 16.6. The van der Waals surface area contributed by atoms with Crippen molar-refractivity contribution in [1.82, 2.24) is 14.8 Å². The monoisotopic (exact) mass is 476 g/mol. The van der Waals surface area contributed by atoms with E-state index >= 15 is 0 Å². The molecule has 9 heteroatoms. The van der Waals surface area contributed by atoms with Gasteiger partial charge in [-0.05, 0) is 55.5 Å². The topological polar surface area (TPSA) is 98.2 Å². The average molecular weight is 477 g/mol. The van der Waals surface area contributed by atoms with Crippen molar-refractivity contribution in [3.63, 3.8) is 0 Å². The molecule has 34 heavy (non-hydrogen) atoms. The van der Waals surface area contributed by atoms with E-state index < -0.39 is 5.92 Å². The number of anilines is 1. The van der Waals surface area contributed by atoms with Gasteiger partial charge in [0.15, 0.2) is 11.5 Å². The number of nitrogens with one attached hydrogen (secondary N) is 2. The fraction of sp³-hybridized carbons (Fsp3) is 0.320. The minimum atomic E-state index is -0.405. The van der Waals surface area contributed by atoms with Crippen LogP contribution in [0.3, 0.4) is 0 Å². The van der Waals surface area contributed by atoms with Crippen LogP contribution < -0.4 is 20.3 Å². The number of para-hydroxylation sites is 1. The van der Waals surface area contributed by atoms with Crippen molar-refractivity contribution in [3.8, 4) is 16.6 Å². The molecule has 6 rings (SSSR count). The zero-order valence-electron chi connectivity index (χ0n) is 18.7. The molecule has 1 aliphatic heterocycles. The number of aromatic amines is 1. The molecule has 1 aliphatic carbocycles. The number of hydrogen-bond donors (Lipinski definition) is 2. The molecule has 4 aromatic rings. The number of rotatable bonds is 5. The van der Waals surface area contributed by atoms with E-state index in [-0.39, 0.29) is 24.0 Å². The van der Waals surface area contributed by atoms with Crippen LogP contribution >= 0.6 is 11.3 Å². The van der Waals surface area contributed by atoms with E-state index in [1.807, 2.05) is 42.5 Å². The minimum absolute atomic E-state index is 0.156. The summed E-state index contributed by atoms with van der Waals surface area (Å²) < 4.78 is 14.4. The normalized spacial score (nSPS) is 18.1. The summed E-state index contributed by atoms with van der Waals surface area (Å²) in [6.45, 7) is 0. The highest BCUT2D eigenvalue weighted by molar-refractivity contribution is 7.20. The molecule has 1 atom stereocenters. The number of thiazole rings is 1. The summed E-state index contributed by atoms with van der Waals surface area (Å²) in [5, 5.41) is 6.36. The number of methoxy groups -OCH3 is 1. The van der Waals surface area contributed by atoms with Crippen LogP contribution in [0.2, 0.25) is 0 Å². The van der Waals surface area contributed by atoms with Gasteiger partial charge in [-0.1, -0.05) is 29.5 Å². The van der Waals surface area contributed by atoms with Gasteiger partial charge in [0.25, 0.3) is 5.56 Å². The van der Waals surface area contributed by atoms with Crippen molar-refractivity contribution in [2.45, 2.75) is 44.1 Å².